The number of hydrogen-bond acceptors (Lipinski definition) is 4. The van der Waals surface area contributed by atoms with Crippen molar-refractivity contribution in [1.29, 1.82) is 0 Å². The van der Waals surface area contributed by atoms with E-state index in [1.54, 1.807) is 0 Å². The van der Waals surface area contributed by atoms with Crippen LogP contribution in [-0.2, 0) is 19.1 Å². The topological polar surface area (TPSA) is 52.6 Å². The highest BCUT2D eigenvalue weighted by Gasteiger charge is 2.65. The standard InChI is InChI=1S/C26H32O4/c1-5-30-17-6-12-25(3)16(14-17)15-18(23(28)29-4)22-19(25)8-13-26-20(22)7-10-24(26,2)11-9-21(26)27/h7,14-15,18H,5-6,8-13H2,1-4H3/t18-,24+,25?,26?/m1/s1. The summed E-state index contributed by atoms with van der Waals surface area (Å²) in [5, 5.41) is 0. The van der Waals surface area contributed by atoms with E-state index in [2.05, 4.69) is 32.1 Å². The van der Waals surface area contributed by atoms with E-state index in [1.807, 2.05) is 6.92 Å². The van der Waals surface area contributed by atoms with Gasteiger partial charge in [0, 0.05) is 18.3 Å². The molecule has 30 heavy (non-hydrogen) atoms. The molecule has 0 amide bonds. The van der Waals surface area contributed by atoms with Gasteiger partial charge < -0.3 is 9.47 Å². The van der Waals surface area contributed by atoms with Crippen molar-refractivity contribution in [2.45, 2.75) is 65.7 Å². The normalized spacial score (nSPS) is 39.3. The Morgan fingerprint density at radius 3 is 2.70 bits per heavy atom. The molecule has 4 nitrogen and oxygen atoms in total. The average molecular weight is 409 g/mol. The zero-order valence-electron chi connectivity index (χ0n) is 18.6. The Morgan fingerprint density at radius 2 is 1.97 bits per heavy atom. The molecule has 0 aromatic carbocycles. The smallest absolute Gasteiger partial charge is 0.317 e. The summed E-state index contributed by atoms with van der Waals surface area (Å²) in [5.41, 5.74) is 4.26. The van der Waals surface area contributed by atoms with Crippen LogP contribution in [0, 0.1) is 22.2 Å². The molecule has 5 aliphatic carbocycles. The summed E-state index contributed by atoms with van der Waals surface area (Å²) in [6.07, 6.45) is 12.7. The van der Waals surface area contributed by atoms with E-state index in [-0.39, 0.29) is 16.8 Å². The lowest BCUT2D eigenvalue weighted by Gasteiger charge is -2.51. The molecule has 0 bridgehead atoms. The first-order valence-electron chi connectivity index (χ1n) is 11.4. The number of rotatable bonds is 3. The Morgan fingerprint density at radius 1 is 1.17 bits per heavy atom. The maximum Gasteiger partial charge on any atom is 0.317 e. The molecule has 0 saturated heterocycles. The second kappa shape index (κ2) is 6.45. The average Bonchev–Trinajstić information content (AvgIpc) is 3.17. The van der Waals surface area contributed by atoms with Crippen molar-refractivity contribution in [3.05, 3.63) is 46.3 Å². The van der Waals surface area contributed by atoms with Gasteiger partial charge in [-0.1, -0.05) is 31.6 Å². The fraction of sp³-hybridized carbons (Fsp3) is 0.615. The molecule has 1 spiro atoms. The highest BCUT2D eigenvalue weighted by atomic mass is 16.5. The third-order valence-electron chi connectivity index (χ3n) is 8.93. The number of ether oxygens (including phenoxy) is 2. The second-order valence-corrected chi connectivity index (χ2v) is 10.1. The fourth-order valence-electron chi connectivity index (χ4n) is 7.21. The molecular formula is C26H32O4. The van der Waals surface area contributed by atoms with E-state index in [0.29, 0.717) is 18.8 Å². The predicted molar refractivity (Wildman–Crippen MR) is 114 cm³/mol. The lowest BCUT2D eigenvalue weighted by atomic mass is 9.52. The first kappa shape index (κ1) is 19.8. The van der Waals surface area contributed by atoms with E-state index < -0.39 is 11.3 Å². The summed E-state index contributed by atoms with van der Waals surface area (Å²) in [6.45, 7) is 7.25. The lowest BCUT2D eigenvalue weighted by Crippen LogP contribution is -2.45. The minimum Gasteiger partial charge on any atom is -0.498 e. The first-order valence-corrected chi connectivity index (χ1v) is 11.4. The van der Waals surface area contributed by atoms with Gasteiger partial charge in [0.1, 0.15) is 11.7 Å². The van der Waals surface area contributed by atoms with Gasteiger partial charge in [0.05, 0.1) is 24.9 Å². The maximum atomic E-state index is 13.3. The molecule has 1 fully saturated rings. The van der Waals surface area contributed by atoms with Gasteiger partial charge in [-0.3, -0.25) is 9.59 Å². The van der Waals surface area contributed by atoms with Crippen molar-refractivity contribution in [1.82, 2.24) is 0 Å². The van der Waals surface area contributed by atoms with E-state index in [9.17, 15) is 9.59 Å². The third-order valence-corrected chi connectivity index (χ3v) is 8.93. The number of methoxy groups -OCH3 is 1. The van der Waals surface area contributed by atoms with Crippen LogP contribution < -0.4 is 0 Å². The molecule has 0 radical (unpaired) electrons. The molecule has 5 aliphatic rings. The molecule has 0 aromatic rings. The van der Waals surface area contributed by atoms with Gasteiger partial charge in [0.2, 0.25) is 0 Å². The van der Waals surface area contributed by atoms with Gasteiger partial charge in [-0.2, -0.15) is 0 Å². The number of ketones is 1. The zero-order valence-corrected chi connectivity index (χ0v) is 18.6. The van der Waals surface area contributed by atoms with Gasteiger partial charge >= 0.3 is 5.97 Å². The molecule has 5 rings (SSSR count). The quantitative estimate of drug-likeness (QED) is 0.602. The van der Waals surface area contributed by atoms with Crippen LogP contribution in [0.4, 0.5) is 0 Å². The highest BCUT2D eigenvalue weighted by Crippen LogP contribution is 2.70. The lowest BCUT2D eigenvalue weighted by molar-refractivity contribution is -0.143. The molecule has 0 aromatic heterocycles. The molecule has 1 saturated carbocycles. The molecule has 0 N–H and O–H groups in total. The number of Topliss-reactive ketones (excluding diaryl/α,β-unsaturated/α-hetero) is 1. The summed E-state index contributed by atoms with van der Waals surface area (Å²) < 4.78 is 11.1. The molecule has 160 valence electrons. The van der Waals surface area contributed by atoms with E-state index >= 15 is 0 Å². The monoisotopic (exact) mass is 408 g/mol. The van der Waals surface area contributed by atoms with Crippen molar-refractivity contribution < 1.29 is 19.1 Å². The van der Waals surface area contributed by atoms with Gasteiger partial charge in [0.15, 0.2) is 0 Å². The maximum absolute atomic E-state index is 13.3. The fourth-order valence-corrected chi connectivity index (χ4v) is 7.21. The molecule has 4 atom stereocenters. The summed E-state index contributed by atoms with van der Waals surface area (Å²) in [7, 11) is 1.46. The Labute approximate surface area is 179 Å². The van der Waals surface area contributed by atoms with Crippen LogP contribution in [0.1, 0.15) is 65.7 Å². The molecule has 0 aliphatic heterocycles. The van der Waals surface area contributed by atoms with Crippen molar-refractivity contribution >= 4 is 11.8 Å². The van der Waals surface area contributed by atoms with Crippen molar-refractivity contribution in [3.8, 4) is 0 Å². The summed E-state index contributed by atoms with van der Waals surface area (Å²) in [5.74, 6) is 0.710. The van der Waals surface area contributed by atoms with Crippen molar-refractivity contribution in [2.24, 2.45) is 22.2 Å². The van der Waals surface area contributed by atoms with Crippen LogP contribution in [0.3, 0.4) is 0 Å². The molecule has 4 heteroatoms. The van der Waals surface area contributed by atoms with Crippen LogP contribution in [0.2, 0.25) is 0 Å². The number of fused-ring (bicyclic) bond motifs is 3. The van der Waals surface area contributed by atoms with E-state index in [1.165, 1.54) is 18.3 Å². The number of carbonyl (C=O) groups is 2. The highest BCUT2D eigenvalue weighted by molar-refractivity contribution is 5.95. The van der Waals surface area contributed by atoms with E-state index in [0.717, 1.165) is 55.4 Å². The molecule has 2 unspecified atom stereocenters. The van der Waals surface area contributed by atoms with Crippen molar-refractivity contribution in [3.63, 3.8) is 0 Å². The van der Waals surface area contributed by atoms with E-state index in [4.69, 9.17) is 9.47 Å². The van der Waals surface area contributed by atoms with Crippen LogP contribution >= 0.6 is 0 Å². The minimum absolute atomic E-state index is 0.00187. The Bertz CT molecular complexity index is 964. The Balaban J connectivity index is 1.69. The summed E-state index contributed by atoms with van der Waals surface area (Å²) in [6, 6.07) is 0. The van der Waals surface area contributed by atoms with Crippen LogP contribution in [0.5, 0.6) is 0 Å². The molecular weight excluding hydrogens is 376 g/mol. The largest absolute Gasteiger partial charge is 0.498 e. The summed E-state index contributed by atoms with van der Waals surface area (Å²) in [4.78, 5) is 26.3. The molecule has 0 heterocycles. The predicted octanol–water partition coefficient (Wildman–Crippen LogP) is 5.21. The Kier molecular flexibility index (Phi) is 4.26. The number of hydrogen-bond donors (Lipinski definition) is 0. The SMILES string of the molecule is CCOC1=CC2=C[C@@H](C(=O)OC)C3=C(CCC45C(=O)CC[C@]4(C)CC=C35)C2(C)CC1. The van der Waals surface area contributed by atoms with Gasteiger partial charge in [0.25, 0.3) is 0 Å². The van der Waals surface area contributed by atoms with Crippen molar-refractivity contribution in [2.75, 3.05) is 13.7 Å². The Hall–Kier alpha value is -2.10. The second-order valence-electron chi connectivity index (χ2n) is 10.1. The van der Waals surface area contributed by atoms with Gasteiger partial charge in [-0.15, -0.1) is 0 Å². The van der Waals surface area contributed by atoms with Gasteiger partial charge in [-0.05, 0) is 67.2 Å². The van der Waals surface area contributed by atoms with Crippen LogP contribution in [0.15, 0.2) is 46.3 Å². The summed E-state index contributed by atoms with van der Waals surface area (Å²) >= 11 is 0. The van der Waals surface area contributed by atoms with Crippen LogP contribution in [-0.4, -0.2) is 25.5 Å². The number of esters is 1. The zero-order chi connectivity index (χ0) is 21.3. The number of carbonyl (C=O) groups excluding carboxylic acids is 2. The third kappa shape index (κ3) is 2.28. The van der Waals surface area contributed by atoms with Crippen LogP contribution in [0.25, 0.3) is 0 Å². The first-order chi connectivity index (χ1) is 14.3. The van der Waals surface area contributed by atoms with Gasteiger partial charge in [-0.25, -0.2) is 0 Å². The number of allylic oxidation sites excluding steroid dienone is 6. The minimum atomic E-state index is -0.440.